The van der Waals surface area contributed by atoms with Gasteiger partial charge in [0.05, 0.1) is 6.54 Å². The highest BCUT2D eigenvalue weighted by Gasteiger charge is 2.49. The molecule has 1 aliphatic heterocycles. The lowest BCUT2D eigenvalue weighted by atomic mass is 9.85. The van der Waals surface area contributed by atoms with Crippen LogP contribution >= 0.6 is 0 Å². The van der Waals surface area contributed by atoms with Crippen molar-refractivity contribution in [3.63, 3.8) is 0 Å². The smallest absolute Gasteiger partial charge is 0.308 e. The van der Waals surface area contributed by atoms with Crippen molar-refractivity contribution in [2.75, 3.05) is 19.6 Å². The van der Waals surface area contributed by atoms with Crippen LogP contribution in [-0.4, -0.2) is 41.8 Å². The molecule has 1 spiro atoms. The minimum absolute atomic E-state index is 0.181. The van der Waals surface area contributed by atoms with Crippen molar-refractivity contribution < 1.29 is 13.2 Å². The van der Waals surface area contributed by atoms with E-state index in [1.165, 1.54) is 0 Å². The molecule has 2 aliphatic rings. The summed E-state index contributed by atoms with van der Waals surface area (Å²) in [5.74, 6) is 0. The molecular formula is C13H23F3N2. The maximum atomic E-state index is 12.8. The van der Waals surface area contributed by atoms with Gasteiger partial charge in [-0.15, -0.1) is 0 Å². The Balaban J connectivity index is 2.16. The van der Waals surface area contributed by atoms with Gasteiger partial charge < -0.3 is 5.32 Å². The molecule has 1 N–H and O–H groups in total. The average molecular weight is 264 g/mol. The number of nitrogens with zero attached hydrogens (tertiary/aromatic N) is 1. The number of rotatable bonds is 2. The molecule has 106 valence electrons. The van der Waals surface area contributed by atoms with Gasteiger partial charge in [0.25, 0.3) is 0 Å². The number of nitrogens with one attached hydrogen (secondary N) is 1. The summed E-state index contributed by atoms with van der Waals surface area (Å²) < 4.78 is 38.3. The Kier molecular flexibility index (Phi) is 3.67. The maximum absolute atomic E-state index is 12.8. The SMILES string of the molecule is CCC1(C)CN(CC(F)(F)F)C2(CCCC2)CN1. The molecule has 2 nitrogen and oxygen atoms in total. The number of piperazine rings is 1. The Morgan fingerprint density at radius 2 is 1.83 bits per heavy atom. The van der Waals surface area contributed by atoms with Gasteiger partial charge in [0.2, 0.25) is 0 Å². The van der Waals surface area contributed by atoms with Crippen molar-refractivity contribution in [3.05, 3.63) is 0 Å². The molecule has 5 heteroatoms. The molecule has 1 aliphatic carbocycles. The summed E-state index contributed by atoms with van der Waals surface area (Å²) in [5.41, 5.74) is -0.427. The second-order valence-corrected chi connectivity index (χ2v) is 6.17. The van der Waals surface area contributed by atoms with Crippen molar-refractivity contribution in [2.24, 2.45) is 0 Å². The summed E-state index contributed by atoms with van der Waals surface area (Å²) in [6.45, 7) is 4.50. The van der Waals surface area contributed by atoms with Crippen molar-refractivity contribution in [1.82, 2.24) is 10.2 Å². The first-order valence-corrected chi connectivity index (χ1v) is 6.85. The van der Waals surface area contributed by atoms with Crippen molar-refractivity contribution in [3.8, 4) is 0 Å². The molecule has 0 aromatic heterocycles. The minimum atomic E-state index is -4.10. The Hall–Kier alpha value is -0.290. The van der Waals surface area contributed by atoms with Gasteiger partial charge in [0, 0.05) is 24.2 Å². The molecule has 1 saturated carbocycles. The van der Waals surface area contributed by atoms with Gasteiger partial charge in [-0.25, -0.2) is 0 Å². The van der Waals surface area contributed by atoms with Gasteiger partial charge in [0.15, 0.2) is 0 Å². The lowest BCUT2D eigenvalue weighted by Gasteiger charge is -2.52. The van der Waals surface area contributed by atoms with E-state index in [-0.39, 0.29) is 11.1 Å². The van der Waals surface area contributed by atoms with E-state index in [1.807, 2.05) is 13.8 Å². The van der Waals surface area contributed by atoms with E-state index in [0.717, 1.165) is 32.1 Å². The molecule has 0 amide bonds. The monoisotopic (exact) mass is 264 g/mol. The Morgan fingerprint density at radius 3 is 2.33 bits per heavy atom. The first-order chi connectivity index (χ1) is 8.29. The van der Waals surface area contributed by atoms with Gasteiger partial charge in [-0.3, -0.25) is 4.90 Å². The van der Waals surface area contributed by atoms with Crippen LogP contribution in [0.5, 0.6) is 0 Å². The van der Waals surface area contributed by atoms with E-state index in [1.54, 1.807) is 4.90 Å². The fraction of sp³-hybridized carbons (Fsp3) is 1.00. The van der Waals surface area contributed by atoms with E-state index in [4.69, 9.17) is 0 Å². The minimum Gasteiger partial charge on any atom is -0.308 e. The van der Waals surface area contributed by atoms with Crippen LogP contribution in [0.25, 0.3) is 0 Å². The zero-order valence-electron chi connectivity index (χ0n) is 11.2. The first-order valence-electron chi connectivity index (χ1n) is 6.85. The highest BCUT2D eigenvalue weighted by Crippen LogP contribution is 2.40. The lowest BCUT2D eigenvalue weighted by molar-refractivity contribution is -0.167. The van der Waals surface area contributed by atoms with Gasteiger partial charge in [-0.2, -0.15) is 13.2 Å². The predicted octanol–water partition coefficient (Wildman–Crippen LogP) is 2.94. The van der Waals surface area contributed by atoms with Crippen LogP contribution < -0.4 is 5.32 Å². The number of hydrogen-bond acceptors (Lipinski definition) is 2. The van der Waals surface area contributed by atoms with Crippen LogP contribution in [0.2, 0.25) is 0 Å². The maximum Gasteiger partial charge on any atom is 0.401 e. The number of halogens is 3. The fourth-order valence-corrected chi connectivity index (χ4v) is 3.34. The van der Waals surface area contributed by atoms with Gasteiger partial charge in [0.1, 0.15) is 0 Å². The van der Waals surface area contributed by atoms with Crippen molar-refractivity contribution in [1.29, 1.82) is 0 Å². The molecule has 18 heavy (non-hydrogen) atoms. The van der Waals surface area contributed by atoms with Crippen LogP contribution in [0.15, 0.2) is 0 Å². The summed E-state index contributed by atoms with van der Waals surface area (Å²) in [6.07, 6.45) is 0.669. The van der Waals surface area contributed by atoms with Crippen LogP contribution in [-0.2, 0) is 0 Å². The van der Waals surface area contributed by atoms with Crippen LogP contribution in [0, 0.1) is 0 Å². The van der Waals surface area contributed by atoms with E-state index in [0.29, 0.717) is 13.1 Å². The highest BCUT2D eigenvalue weighted by molar-refractivity contribution is 5.05. The summed E-state index contributed by atoms with van der Waals surface area (Å²) in [5, 5.41) is 3.48. The van der Waals surface area contributed by atoms with E-state index < -0.39 is 12.7 Å². The molecule has 0 aromatic carbocycles. The van der Waals surface area contributed by atoms with Gasteiger partial charge in [-0.05, 0) is 26.2 Å². The largest absolute Gasteiger partial charge is 0.401 e. The third-order valence-corrected chi connectivity index (χ3v) is 4.74. The molecular weight excluding hydrogens is 241 g/mol. The summed E-state index contributed by atoms with van der Waals surface area (Å²) in [7, 11) is 0. The summed E-state index contributed by atoms with van der Waals surface area (Å²) in [4.78, 5) is 1.71. The second-order valence-electron chi connectivity index (χ2n) is 6.17. The molecule has 1 atom stereocenters. The topological polar surface area (TPSA) is 15.3 Å². The predicted molar refractivity (Wildman–Crippen MR) is 65.5 cm³/mol. The summed E-state index contributed by atoms with van der Waals surface area (Å²) in [6, 6.07) is 0. The Labute approximate surface area is 107 Å². The molecule has 1 heterocycles. The molecule has 1 unspecified atom stereocenters. The number of alkyl halides is 3. The highest BCUT2D eigenvalue weighted by atomic mass is 19.4. The van der Waals surface area contributed by atoms with E-state index in [2.05, 4.69) is 5.32 Å². The molecule has 2 rings (SSSR count). The average Bonchev–Trinajstić information content (AvgIpc) is 2.72. The normalized spacial score (nSPS) is 33.2. The molecule has 1 saturated heterocycles. The number of hydrogen-bond donors (Lipinski definition) is 1. The quantitative estimate of drug-likeness (QED) is 0.825. The zero-order valence-corrected chi connectivity index (χ0v) is 11.2. The van der Waals surface area contributed by atoms with Crippen molar-refractivity contribution in [2.45, 2.75) is 63.2 Å². The fourth-order valence-electron chi connectivity index (χ4n) is 3.34. The molecule has 0 radical (unpaired) electrons. The third kappa shape index (κ3) is 2.82. The third-order valence-electron chi connectivity index (χ3n) is 4.74. The second kappa shape index (κ2) is 4.67. The van der Waals surface area contributed by atoms with Crippen LogP contribution in [0.4, 0.5) is 13.2 Å². The molecule has 0 aromatic rings. The Bertz CT molecular complexity index is 297. The summed E-state index contributed by atoms with van der Waals surface area (Å²) >= 11 is 0. The van der Waals surface area contributed by atoms with E-state index in [9.17, 15) is 13.2 Å². The standard InChI is InChI=1S/C13H23F3N2/c1-3-11(2)9-18(10-13(14,15)16)12(8-17-11)6-4-5-7-12/h17H,3-10H2,1-2H3. The van der Waals surface area contributed by atoms with Crippen LogP contribution in [0.1, 0.15) is 46.0 Å². The zero-order chi connectivity index (χ0) is 13.4. The first kappa shape index (κ1) is 14.1. The molecule has 2 fully saturated rings. The lowest BCUT2D eigenvalue weighted by Crippen LogP contribution is -2.69. The van der Waals surface area contributed by atoms with Gasteiger partial charge in [-0.1, -0.05) is 19.8 Å². The Morgan fingerprint density at radius 1 is 1.22 bits per heavy atom. The van der Waals surface area contributed by atoms with Crippen molar-refractivity contribution >= 4 is 0 Å². The van der Waals surface area contributed by atoms with Crippen LogP contribution in [0.3, 0.4) is 0 Å². The molecule has 0 bridgehead atoms. The van der Waals surface area contributed by atoms with E-state index >= 15 is 0 Å². The van der Waals surface area contributed by atoms with Gasteiger partial charge >= 0.3 is 6.18 Å².